The third-order valence-electron chi connectivity index (χ3n) is 2.87. The molecule has 98 valence electrons. The van der Waals surface area contributed by atoms with E-state index in [-0.39, 0.29) is 5.91 Å². The highest BCUT2D eigenvalue weighted by atomic mass is 16.2. The molecule has 0 radical (unpaired) electrons. The number of pyridine rings is 1. The molecule has 0 aliphatic heterocycles. The number of aryl methyl sites for hydroxylation is 1. The van der Waals surface area contributed by atoms with Crippen molar-refractivity contribution in [3.63, 3.8) is 0 Å². The maximum atomic E-state index is 12.1. The Balaban J connectivity index is 2.36. The summed E-state index contributed by atoms with van der Waals surface area (Å²) < 4.78 is 0. The van der Waals surface area contributed by atoms with Crippen LogP contribution >= 0.6 is 0 Å². The molecule has 0 saturated carbocycles. The van der Waals surface area contributed by atoms with E-state index in [1.807, 2.05) is 37.3 Å². The first-order chi connectivity index (χ1) is 9.09. The number of benzene rings is 1. The van der Waals surface area contributed by atoms with Crippen molar-refractivity contribution in [3.05, 3.63) is 53.9 Å². The second kappa shape index (κ2) is 5.52. The third-order valence-corrected chi connectivity index (χ3v) is 2.87. The Morgan fingerprint density at radius 2 is 1.89 bits per heavy atom. The van der Waals surface area contributed by atoms with E-state index in [0.29, 0.717) is 5.56 Å². The molecular formula is C15H17N3O. The van der Waals surface area contributed by atoms with Crippen LogP contribution in [0.5, 0.6) is 0 Å². The van der Waals surface area contributed by atoms with Gasteiger partial charge in [0, 0.05) is 20.3 Å². The lowest BCUT2D eigenvalue weighted by molar-refractivity contribution is 0.0828. The zero-order valence-corrected chi connectivity index (χ0v) is 11.3. The topological polar surface area (TPSA) is 45.2 Å². The van der Waals surface area contributed by atoms with E-state index in [2.05, 4.69) is 10.3 Å². The molecule has 1 aromatic carbocycles. The largest absolute Gasteiger partial charge is 0.353 e. The molecule has 1 amide bonds. The van der Waals surface area contributed by atoms with Crippen LogP contribution in [0.1, 0.15) is 15.9 Å². The quantitative estimate of drug-likeness (QED) is 0.917. The minimum absolute atomic E-state index is 0.0235. The zero-order chi connectivity index (χ0) is 13.8. The number of rotatable bonds is 3. The van der Waals surface area contributed by atoms with Crippen LogP contribution in [-0.4, -0.2) is 29.9 Å². The molecule has 2 rings (SSSR count). The van der Waals surface area contributed by atoms with Crippen molar-refractivity contribution in [2.24, 2.45) is 0 Å². The molecule has 0 spiro atoms. The Hall–Kier alpha value is -2.36. The smallest absolute Gasteiger partial charge is 0.255 e. The number of nitrogens with zero attached hydrogens (tertiary/aromatic N) is 2. The molecular weight excluding hydrogens is 238 g/mol. The summed E-state index contributed by atoms with van der Waals surface area (Å²) in [4.78, 5) is 17.8. The number of para-hydroxylation sites is 1. The van der Waals surface area contributed by atoms with E-state index >= 15 is 0 Å². The second-order valence-electron chi connectivity index (χ2n) is 4.56. The van der Waals surface area contributed by atoms with Crippen LogP contribution in [0, 0.1) is 6.92 Å². The lowest BCUT2D eigenvalue weighted by atomic mass is 10.1. The van der Waals surface area contributed by atoms with Gasteiger partial charge in [-0.3, -0.25) is 9.78 Å². The predicted molar refractivity (Wildman–Crippen MR) is 76.7 cm³/mol. The SMILES string of the molecule is Cc1ccncc1Nc1ccccc1C(=O)N(C)C. The van der Waals surface area contributed by atoms with Crippen molar-refractivity contribution in [3.8, 4) is 0 Å². The second-order valence-corrected chi connectivity index (χ2v) is 4.56. The van der Waals surface area contributed by atoms with Crippen LogP contribution in [0.15, 0.2) is 42.7 Å². The van der Waals surface area contributed by atoms with Gasteiger partial charge in [0.25, 0.3) is 5.91 Å². The molecule has 19 heavy (non-hydrogen) atoms. The van der Waals surface area contributed by atoms with Gasteiger partial charge in [-0.1, -0.05) is 12.1 Å². The summed E-state index contributed by atoms with van der Waals surface area (Å²) in [6, 6.07) is 9.40. The van der Waals surface area contributed by atoms with E-state index in [4.69, 9.17) is 0 Å². The number of nitrogens with one attached hydrogen (secondary N) is 1. The zero-order valence-electron chi connectivity index (χ0n) is 11.3. The highest BCUT2D eigenvalue weighted by Crippen LogP contribution is 2.23. The summed E-state index contributed by atoms with van der Waals surface area (Å²) in [6.45, 7) is 2.00. The minimum Gasteiger partial charge on any atom is -0.353 e. The van der Waals surface area contributed by atoms with Crippen LogP contribution in [0.25, 0.3) is 0 Å². The van der Waals surface area contributed by atoms with Crippen molar-refractivity contribution in [1.29, 1.82) is 0 Å². The van der Waals surface area contributed by atoms with Gasteiger partial charge >= 0.3 is 0 Å². The Kier molecular flexibility index (Phi) is 3.80. The molecule has 4 heteroatoms. The van der Waals surface area contributed by atoms with Gasteiger partial charge in [-0.25, -0.2) is 0 Å². The van der Waals surface area contributed by atoms with Crippen molar-refractivity contribution in [2.75, 3.05) is 19.4 Å². The van der Waals surface area contributed by atoms with Gasteiger partial charge in [0.05, 0.1) is 23.1 Å². The summed E-state index contributed by atoms with van der Waals surface area (Å²) in [6.07, 6.45) is 3.50. The number of hydrogen-bond donors (Lipinski definition) is 1. The fourth-order valence-electron chi connectivity index (χ4n) is 1.76. The molecule has 1 aromatic heterocycles. The van der Waals surface area contributed by atoms with Crippen molar-refractivity contribution >= 4 is 17.3 Å². The average Bonchev–Trinajstić information content (AvgIpc) is 2.41. The van der Waals surface area contributed by atoms with Gasteiger partial charge in [0.1, 0.15) is 0 Å². The molecule has 0 unspecified atom stereocenters. The van der Waals surface area contributed by atoms with Crippen molar-refractivity contribution in [2.45, 2.75) is 6.92 Å². The normalized spacial score (nSPS) is 10.1. The van der Waals surface area contributed by atoms with Crippen LogP contribution in [-0.2, 0) is 0 Å². The minimum atomic E-state index is -0.0235. The van der Waals surface area contributed by atoms with Crippen molar-refractivity contribution in [1.82, 2.24) is 9.88 Å². The Labute approximate surface area is 113 Å². The summed E-state index contributed by atoms with van der Waals surface area (Å²) in [5.41, 5.74) is 3.43. The highest BCUT2D eigenvalue weighted by Gasteiger charge is 2.13. The van der Waals surface area contributed by atoms with Crippen LogP contribution < -0.4 is 5.32 Å². The van der Waals surface area contributed by atoms with Crippen LogP contribution in [0.3, 0.4) is 0 Å². The lowest BCUT2D eigenvalue weighted by Crippen LogP contribution is -2.22. The van der Waals surface area contributed by atoms with Gasteiger partial charge in [0.15, 0.2) is 0 Å². The molecule has 0 aliphatic carbocycles. The lowest BCUT2D eigenvalue weighted by Gasteiger charge is -2.16. The van der Waals surface area contributed by atoms with Crippen molar-refractivity contribution < 1.29 is 4.79 Å². The predicted octanol–water partition coefficient (Wildman–Crippen LogP) is 2.84. The number of carbonyl (C=O) groups excluding carboxylic acids is 1. The molecule has 0 bridgehead atoms. The fraction of sp³-hybridized carbons (Fsp3) is 0.200. The van der Waals surface area contributed by atoms with E-state index in [1.54, 1.807) is 31.4 Å². The number of anilines is 2. The van der Waals surface area contributed by atoms with Gasteiger partial charge < -0.3 is 10.2 Å². The highest BCUT2D eigenvalue weighted by molar-refractivity contribution is 6.00. The number of amides is 1. The maximum Gasteiger partial charge on any atom is 0.255 e. The van der Waals surface area contributed by atoms with Gasteiger partial charge in [-0.05, 0) is 30.7 Å². The molecule has 0 saturated heterocycles. The van der Waals surface area contributed by atoms with E-state index in [1.165, 1.54) is 0 Å². The molecule has 0 fully saturated rings. The molecule has 1 heterocycles. The number of carbonyl (C=O) groups is 1. The Morgan fingerprint density at radius 1 is 1.16 bits per heavy atom. The summed E-state index contributed by atoms with van der Waals surface area (Å²) in [5.74, 6) is -0.0235. The molecule has 2 aromatic rings. The Morgan fingerprint density at radius 3 is 2.58 bits per heavy atom. The first-order valence-electron chi connectivity index (χ1n) is 6.08. The number of aromatic nitrogens is 1. The van der Waals surface area contributed by atoms with Gasteiger partial charge in [-0.2, -0.15) is 0 Å². The standard InChI is InChI=1S/C15H17N3O/c1-11-8-9-16-10-14(11)17-13-7-5-4-6-12(13)15(19)18(2)3/h4-10,17H,1-3H3. The summed E-state index contributed by atoms with van der Waals surface area (Å²) in [5, 5.41) is 3.27. The summed E-state index contributed by atoms with van der Waals surface area (Å²) in [7, 11) is 3.49. The fourth-order valence-corrected chi connectivity index (χ4v) is 1.76. The molecule has 0 aliphatic rings. The maximum absolute atomic E-state index is 12.1. The van der Waals surface area contributed by atoms with E-state index < -0.39 is 0 Å². The average molecular weight is 255 g/mol. The van der Waals surface area contributed by atoms with Gasteiger partial charge in [-0.15, -0.1) is 0 Å². The Bertz CT molecular complexity index is 593. The third kappa shape index (κ3) is 2.91. The first-order valence-corrected chi connectivity index (χ1v) is 6.08. The first kappa shape index (κ1) is 13.1. The molecule has 4 nitrogen and oxygen atoms in total. The van der Waals surface area contributed by atoms with E-state index in [9.17, 15) is 4.79 Å². The van der Waals surface area contributed by atoms with Gasteiger partial charge in [0.2, 0.25) is 0 Å². The molecule has 1 N–H and O–H groups in total. The van der Waals surface area contributed by atoms with Crippen LogP contribution in [0.2, 0.25) is 0 Å². The monoisotopic (exact) mass is 255 g/mol. The number of hydrogen-bond acceptors (Lipinski definition) is 3. The summed E-state index contributed by atoms with van der Waals surface area (Å²) >= 11 is 0. The molecule has 0 atom stereocenters. The van der Waals surface area contributed by atoms with Crippen LogP contribution in [0.4, 0.5) is 11.4 Å². The van der Waals surface area contributed by atoms with E-state index in [0.717, 1.165) is 16.9 Å².